The number of aromatic nitrogens is 1. The van der Waals surface area contributed by atoms with Gasteiger partial charge in [0, 0.05) is 30.0 Å². The summed E-state index contributed by atoms with van der Waals surface area (Å²) in [6.07, 6.45) is 1.48. The summed E-state index contributed by atoms with van der Waals surface area (Å²) in [6.45, 7) is 3.83. The number of carbonyl (C=O) groups excluding carboxylic acids is 1. The standard InChI is InChI=1S/C22H27N3OS2/c1-17-9-7-12-19-21(17)23-22(28-19)25(15-8-14-24(2)3)20(26)13-16-27-18-10-5-4-6-11-18/h4-7,9-12H,8,13-16H2,1-3H3/p+1. The molecule has 0 aliphatic carbocycles. The van der Waals surface area contributed by atoms with E-state index in [9.17, 15) is 4.79 Å². The van der Waals surface area contributed by atoms with Gasteiger partial charge >= 0.3 is 0 Å². The van der Waals surface area contributed by atoms with Crippen LogP contribution in [0.3, 0.4) is 0 Å². The third kappa shape index (κ3) is 5.56. The average Bonchev–Trinajstić information content (AvgIpc) is 3.11. The fourth-order valence-corrected chi connectivity index (χ4v) is 4.96. The zero-order valence-corrected chi connectivity index (χ0v) is 18.4. The zero-order chi connectivity index (χ0) is 19.9. The third-order valence-corrected chi connectivity index (χ3v) is 6.59. The summed E-state index contributed by atoms with van der Waals surface area (Å²) in [5.74, 6) is 0.941. The Morgan fingerprint density at radius 2 is 1.93 bits per heavy atom. The molecule has 148 valence electrons. The van der Waals surface area contributed by atoms with Crippen molar-refractivity contribution >= 4 is 44.4 Å². The fraction of sp³-hybridized carbons (Fsp3) is 0.364. The molecule has 6 heteroatoms. The van der Waals surface area contributed by atoms with Crippen molar-refractivity contribution in [2.24, 2.45) is 0 Å². The summed E-state index contributed by atoms with van der Waals surface area (Å²) in [7, 11) is 4.29. The predicted molar refractivity (Wildman–Crippen MR) is 121 cm³/mol. The average molecular weight is 415 g/mol. The SMILES string of the molecule is Cc1cccc2sc(N(CCC[NH+](C)C)C(=O)CCSc3ccccc3)nc12. The monoisotopic (exact) mass is 414 g/mol. The number of nitrogens with one attached hydrogen (secondary N) is 1. The van der Waals surface area contributed by atoms with Crippen molar-refractivity contribution in [3.63, 3.8) is 0 Å². The number of carbonyl (C=O) groups is 1. The first-order chi connectivity index (χ1) is 13.5. The van der Waals surface area contributed by atoms with E-state index in [1.807, 2.05) is 23.1 Å². The summed E-state index contributed by atoms with van der Waals surface area (Å²) in [5.41, 5.74) is 2.17. The van der Waals surface area contributed by atoms with Gasteiger partial charge in [0.2, 0.25) is 5.91 Å². The maximum absolute atomic E-state index is 13.0. The molecule has 28 heavy (non-hydrogen) atoms. The van der Waals surface area contributed by atoms with Crippen molar-refractivity contribution in [3.05, 3.63) is 54.1 Å². The van der Waals surface area contributed by atoms with Crippen molar-refractivity contribution in [1.82, 2.24) is 4.98 Å². The van der Waals surface area contributed by atoms with Gasteiger partial charge in [-0.15, -0.1) is 11.8 Å². The van der Waals surface area contributed by atoms with Gasteiger partial charge in [0.05, 0.1) is 30.9 Å². The maximum Gasteiger partial charge on any atom is 0.229 e. The topological polar surface area (TPSA) is 37.6 Å². The molecule has 0 saturated heterocycles. The first kappa shape index (κ1) is 20.8. The van der Waals surface area contributed by atoms with Crippen LogP contribution in [0.25, 0.3) is 10.2 Å². The Morgan fingerprint density at radius 1 is 1.14 bits per heavy atom. The molecule has 0 spiro atoms. The summed E-state index contributed by atoms with van der Waals surface area (Å²) < 4.78 is 1.14. The number of benzene rings is 2. The molecule has 0 bridgehead atoms. The molecule has 0 fully saturated rings. The summed E-state index contributed by atoms with van der Waals surface area (Å²) in [6, 6.07) is 16.5. The summed E-state index contributed by atoms with van der Waals surface area (Å²) in [4.78, 5) is 22.4. The Bertz CT molecular complexity index is 909. The number of para-hydroxylation sites is 1. The number of quaternary nitrogens is 1. The molecule has 1 N–H and O–H groups in total. The number of anilines is 1. The van der Waals surface area contributed by atoms with Crippen LogP contribution >= 0.6 is 23.1 Å². The van der Waals surface area contributed by atoms with Gasteiger partial charge in [-0.1, -0.05) is 41.7 Å². The Hall–Kier alpha value is -1.89. The molecule has 1 amide bonds. The Kier molecular flexibility index (Phi) is 7.48. The minimum absolute atomic E-state index is 0.161. The molecular weight excluding hydrogens is 386 g/mol. The first-order valence-corrected chi connectivity index (χ1v) is 11.5. The van der Waals surface area contributed by atoms with Gasteiger partial charge in [-0.3, -0.25) is 9.69 Å². The van der Waals surface area contributed by atoms with Crippen LogP contribution in [0.15, 0.2) is 53.4 Å². The molecule has 0 saturated carbocycles. The Labute approximate surface area is 175 Å². The summed E-state index contributed by atoms with van der Waals surface area (Å²) >= 11 is 3.35. The largest absolute Gasteiger partial charge is 0.340 e. The molecule has 0 aliphatic heterocycles. The number of rotatable bonds is 9. The second-order valence-electron chi connectivity index (χ2n) is 7.19. The van der Waals surface area contributed by atoms with E-state index in [0.29, 0.717) is 6.42 Å². The summed E-state index contributed by atoms with van der Waals surface area (Å²) in [5, 5.41) is 0.827. The van der Waals surface area contributed by atoms with Gasteiger partial charge in [0.25, 0.3) is 0 Å². The second-order valence-corrected chi connectivity index (χ2v) is 9.36. The lowest BCUT2D eigenvalue weighted by Crippen LogP contribution is -3.05. The Balaban J connectivity index is 1.71. The molecule has 0 aliphatic rings. The highest BCUT2D eigenvalue weighted by Gasteiger charge is 2.20. The van der Waals surface area contributed by atoms with Gasteiger partial charge in [-0.05, 0) is 30.7 Å². The van der Waals surface area contributed by atoms with Crippen molar-refractivity contribution in [2.75, 3.05) is 37.8 Å². The number of aryl methyl sites for hydroxylation is 1. The van der Waals surface area contributed by atoms with E-state index in [0.717, 1.165) is 46.2 Å². The molecule has 2 aromatic carbocycles. The van der Waals surface area contributed by atoms with Crippen LogP contribution in [0, 0.1) is 6.92 Å². The highest BCUT2D eigenvalue weighted by molar-refractivity contribution is 7.99. The van der Waals surface area contributed by atoms with Gasteiger partial charge in [0.15, 0.2) is 5.13 Å². The van der Waals surface area contributed by atoms with E-state index in [1.54, 1.807) is 23.1 Å². The molecule has 1 heterocycles. The molecule has 4 nitrogen and oxygen atoms in total. The van der Waals surface area contributed by atoms with E-state index in [1.165, 1.54) is 9.80 Å². The van der Waals surface area contributed by atoms with Gasteiger partial charge < -0.3 is 4.90 Å². The van der Waals surface area contributed by atoms with Gasteiger partial charge in [-0.25, -0.2) is 4.98 Å². The normalized spacial score (nSPS) is 11.3. The lowest BCUT2D eigenvalue weighted by atomic mass is 10.2. The van der Waals surface area contributed by atoms with Crippen molar-refractivity contribution in [3.8, 4) is 0 Å². The van der Waals surface area contributed by atoms with Crippen LogP contribution in [-0.2, 0) is 4.79 Å². The van der Waals surface area contributed by atoms with E-state index in [4.69, 9.17) is 4.98 Å². The lowest BCUT2D eigenvalue weighted by molar-refractivity contribution is -0.858. The zero-order valence-electron chi connectivity index (χ0n) is 16.8. The third-order valence-electron chi connectivity index (χ3n) is 4.53. The number of fused-ring (bicyclic) bond motifs is 1. The first-order valence-electron chi connectivity index (χ1n) is 9.68. The minimum atomic E-state index is 0.161. The molecule has 3 aromatic rings. The predicted octanol–water partition coefficient (Wildman–Crippen LogP) is 3.65. The fourth-order valence-electron chi connectivity index (χ4n) is 3.02. The van der Waals surface area contributed by atoms with E-state index in [2.05, 4.69) is 51.4 Å². The molecule has 0 atom stereocenters. The van der Waals surface area contributed by atoms with Crippen LogP contribution in [0.2, 0.25) is 0 Å². The lowest BCUT2D eigenvalue weighted by Gasteiger charge is -2.20. The molecule has 0 radical (unpaired) electrons. The van der Waals surface area contributed by atoms with Crippen molar-refractivity contribution in [2.45, 2.75) is 24.7 Å². The molecule has 0 unspecified atom stereocenters. The number of hydrogen-bond donors (Lipinski definition) is 1. The molecule has 1 aromatic heterocycles. The number of thiazole rings is 1. The van der Waals surface area contributed by atoms with Crippen molar-refractivity contribution in [1.29, 1.82) is 0 Å². The van der Waals surface area contributed by atoms with Crippen LogP contribution in [0.5, 0.6) is 0 Å². The maximum atomic E-state index is 13.0. The van der Waals surface area contributed by atoms with E-state index in [-0.39, 0.29) is 5.91 Å². The molecule has 3 rings (SSSR count). The number of nitrogens with zero attached hydrogens (tertiary/aromatic N) is 2. The van der Waals surface area contributed by atoms with Gasteiger partial charge in [0.1, 0.15) is 0 Å². The quantitative estimate of drug-likeness (QED) is 0.543. The van der Waals surface area contributed by atoms with Crippen LogP contribution in [-0.4, -0.2) is 43.8 Å². The van der Waals surface area contributed by atoms with E-state index >= 15 is 0 Å². The minimum Gasteiger partial charge on any atom is -0.340 e. The van der Waals surface area contributed by atoms with Crippen LogP contribution < -0.4 is 9.80 Å². The van der Waals surface area contributed by atoms with Crippen LogP contribution in [0.1, 0.15) is 18.4 Å². The van der Waals surface area contributed by atoms with Gasteiger partial charge in [-0.2, -0.15) is 0 Å². The highest BCUT2D eigenvalue weighted by Crippen LogP contribution is 2.31. The number of hydrogen-bond acceptors (Lipinski definition) is 4. The number of amides is 1. The smallest absolute Gasteiger partial charge is 0.229 e. The van der Waals surface area contributed by atoms with Crippen molar-refractivity contribution < 1.29 is 9.69 Å². The second kappa shape index (κ2) is 10.0. The molecular formula is C22H28N3OS2+. The van der Waals surface area contributed by atoms with E-state index < -0.39 is 0 Å². The highest BCUT2D eigenvalue weighted by atomic mass is 32.2. The number of thioether (sulfide) groups is 1. The van der Waals surface area contributed by atoms with Crippen LogP contribution in [0.4, 0.5) is 5.13 Å². The Morgan fingerprint density at radius 3 is 2.64 bits per heavy atom.